The highest BCUT2D eigenvalue weighted by molar-refractivity contribution is 5.88. The van der Waals surface area contributed by atoms with Crippen LogP contribution in [0.5, 0.6) is 11.5 Å². The molecule has 0 aliphatic carbocycles. The highest BCUT2D eigenvalue weighted by atomic mass is 19.1. The molecule has 0 bridgehead atoms. The molecule has 0 radical (unpaired) electrons. The van der Waals surface area contributed by atoms with Crippen molar-refractivity contribution in [3.63, 3.8) is 0 Å². The van der Waals surface area contributed by atoms with E-state index in [0.29, 0.717) is 41.5 Å². The smallest absolute Gasteiger partial charge is 0.247 e. The first-order valence-corrected chi connectivity index (χ1v) is 13.4. The number of carbonyl (C=O) groups excluding carboxylic acids is 2. The average molecular weight is 579 g/mol. The summed E-state index contributed by atoms with van der Waals surface area (Å²) >= 11 is 0. The zero-order chi connectivity index (χ0) is 29.5. The standard InChI is InChI=1S/C29H31FN6O6/c1-39-24-12-9-20(15-25(24)40-2)28-32-34-36(33-28)18-26(37)35(17-23-6-4-14-42-23)27(19-7-10-21(30)11-8-19)29(38)31-16-22-5-3-13-41-22/h4,6-12,14-15,22,27H,3,5,13,16-18H2,1-2H3,(H,31,38)/t22-,27-/m0/s1. The molecule has 1 fully saturated rings. The van der Waals surface area contributed by atoms with Gasteiger partial charge in [-0.3, -0.25) is 9.59 Å². The molecule has 5 rings (SSSR count). The van der Waals surface area contributed by atoms with E-state index in [4.69, 9.17) is 18.6 Å². The summed E-state index contributed by atoms with van der Waals surface area (Å²) in [5.41, 5.74) is 1.04. The van der Waals surface area contributed by atoms with Gasteiger partial charge in [-0.2, -0.15) is 4.80 Å². The Labute approximate surface area is 241 Å². The summed E-state index contributed by atoms with van der Waals surface area (Å²) in [5.74, 6) is 0.380. The molecule has 2 atom stereocenters. The molecule has 12 nitrogen and oxygen atoms in total. The predicted octanol–water partition coefficient (Wildman–Crippen LogP) is 3.15. The molecule has 1 aliphatic heterocycles. The highest BCUT2D eigenvalue weighted by Gasteiger charge is 2.33. The van der Waals surface area contributed by atoms with Gasteiger partial charge in [-0.15, -0.1) is 10.2 Å². The first-order chi connectivity index (χ1) is 20.4. The van der Waals surface area contributed by atoms with Gasteiger partial charge in [0.25, 0.3) is 0 Å². The number of benzene rings is 2. The lowest BCUT2D eigenvalue weighted by Crippen LogP contribution is -2.46. The van der Waals surface area contributed by atoms with E-state index in [1.165, 1.54) is 49.6 Å². The lowest BCUT2D eigenvalue weighted by atomic mass is 10.0. The molecule has 2 amide bonds. The van der Waals surface area contributed by atoms with Gasteiger partial charge in [-0.1, -0.05) is 12.1 Å². The maximum absolute atomic E-state index is 13.9. The number of rotatable bonds is 12. The molecular weight excluding hydrogens is 547 g/mol. The molecule has 1 N–H and O–H groups in total. The molecule has 0 saturated carbocycles. The van der Waals surface area contributed by atoms with Gasteiger partial charge in [0.05, 0.1) is 33.1 Å². The fraction of sp³-hybridized carbons (Fsp3) is 0.345. The van der Waals surface area contributed by atoms with Gasteiger partial charge < -0.3 is 28.8 Å². The minimum atomic E-state index is -1.10. The first kappa shape index (κ1) is 28.7. The van der Waals surface area contributed by atoms with Gasteiger partial charge in [0.2, 0.25) is 17.6 Å². The summed E-state index contributed by atoms with van der Waals surface area (Å²) in [6, 6.07) is 12.9. The van der Waals surface area contributed by atoms with Crippen molar-refractivity contribution >= 4 is 11.8 Å². The summed E-state index contributed by atoms with van der Waals surface area (Å²) in [7, 11) is 3.06. The molecule has 0 spiro atoms. The number of aromatic nitrogens is 4. The molecule has 2 aromatic heterocycles. The second-order valence-corrected chi connectivity index (χ2v) is 9.65. The van der Waals surface area contributed by atoms with E-state index in [2.05, 4.69) is 20.7 Å². The van der Waals surface area contributed by atoms with Crippen LogP contribution in [0.25, 0.3) is 11.4 Å². The maximum atomic E-state index is 13.9. The number of halogens is 1. The van der Waals surface area contributed by atoms with E-state index in [1.807, 2.05) is 0 Å². The van der Waals surface area contributed by atoms with Crippen LogP contribution in [-0.4, -0.2) is 70.4 Å². The highest BCUT2D eigenvalue weighted by Crippen LogP contribution is 2.31. The van der Waals surface area contributed by atoms with Crippen LogP contribution in [0.3, 0.4) is 0 Å². The van der Waals surface area contributed by atoms with Gasteiger partial charge in [-0.05, 0) is 66.1 Å². The van der Waals surface area contributed by atoms with Crippen molar-refractivity contribution in [3.05, 3.63) is 78.0 Å². The van der Waals surface area contributed by atoms with Crippen LogP contribution in [0.15, 0.2) is 65.3 Å². The van der Waals surface area contributed by atoms with E-state index in [1.54, 1.807) is 30.3 Å². The molecule has 1 saturated heterocycles. The van der Waals surface area contributed by atoms with E-state index in [-0.39, 0.29) is 25.0 Å². The Morgan fingerprint density at radius 2 is 1.95 bits per heavy atom. The Morgan fingerprint density at radius 3 is 2.64 bits per heavy atom. The summed E-state index contributed by atoms with van der Waals surface area (Å²) in [6.45, 7) is 0.579. The van der Waals surface area contributed by atoms with Crippen molar-refractivity contribution < 1.29 is 32.6 Å². The van der Waals surface area contributed by atoms with E-state index in [0.717, 1.165) is 17.6 Å². The molecule has 13 heteroatoms. The molecule has 4 aromatic rings. The summed E-state index contributed by atoms with van der Waals surface area (Å²) < 4.78 is 35.6. The van der Waals surface area contributed by atoms with E-state index >= 15 is 0 Å². The number of nitrogens with one attached hydrogen (secondary N) is 1. The van der Waals surface area contributed by atoms with Crippen LogP contribution >= 0.6 is 0 Å². The number of hydrogen-bond donors (Lipinski definition) is 1. The Hall–Kier alpha value is -4.78. The molecule has 42 heavy (non-hydrogen) atoms. The number of furan rings is 1. The minimum Gasteiger partial charge on any atom is -0.493 e. The van der Waals surface area contributed by atoms with Gasteiger partial charge in [0, 0.05) is 18.7 Å². The SMILES string of the molecule is COc1ccc(-c2nnn(CC(=O)N(Cc3ccco3)[C@H](C(=O)NC[C@@H]3CCCO3)c3ccc(F)cc3)n2)cc1OC. The zero-order valence-corrected chi connectivity index (χ0v) is 23.2. The number of nitrogens with zero attached hydrogens (tertiary/aromatic N) is 5. The monoisotopic (exact) mass is 578 g/mol. The second kappa shape index (κ2) is 13.3. The first-order valence-electron chi connectivity index (χ1n) is 13.4. The van der Waals surface area contributed by atoms with Crippen molar-refractivity contribution in [2.75, 3.05) is 27.4 Å². The number of hydrogen-bond acceptors (Lipinski definition) is 9. The quantitative estimate of drug-likeness (QED) is 0.269. The van der Waals surface area contributed by atoms with Crippen molar-refractivity contribution in [2.45, 2.75) is 38.1 Å². The second-order valence-electron chi connectivity index (χ2n) is 9.65. The number of carbonyl (C=O) groups is 2. The summed E-state index contributed by atoms with van der Waals surface area (Å²) in [6.07, 6.45) is 3.13. The predicted molar refractivity (Wildman–Crippen MR) is 147 cm³/mol. The number of methoxy groups -OCH3 is 2. The third kappa shape index (κ3) is 6.74. The van der Waals surface area contributed by atoms with Gasteiger partial charge >= 0.3 is 0 Å². The van der Waals surface area contributed by atoms with E-state index < -0.39 is 23.7 Å². The topological polar surface area (TPSA) is 134 Å². The number of amides is 2. The normalized spacial score (nSPS) is 15.3. The lowest BCUT2D eigenvalue weighted by molar-refractivity contribution is -0.142. The molecule has 2 aromatic carbocycles. The molecule has 220 valence electrons. The third-order valence-electron chi connectivity index (χ3n) is 6.87. The molecular formula is C29H31FN6O6. The third-order valence-corrected chi connectivity index (χ3v) is 6.87. The molecule has 0 unspecified atom stereocenters. The van der Waals surface area contributed by atoms with Crippen molar-refractivity contribution in [2.24, 2.45) is 0 Å². The fourth-order valence-corrected chi connectivity index (χ4v) is 4.74. The Morgan fingerprint density at radius 1 is 1.14 bits per heavy atom. The lowest BCUT2D eigenvalue weighted by Gasteiger charge is -2.31. The van der Waals surface area contributed by atoms with Gasteiger partial charge in [0.15, 0.2) is 11.5 Å². The molecule has 1 aliphatic rings. The van der Waals surface area contributed by atoms with Crippen LogP contribution in [0, 0.1) is 5.82 Å². The van der Waals surface area contributed by atoms with E-state index in [9.17, 15) is 14.0 Å². The average Bonchev–Trinajstić information content (AvgIpc) is 3.80. The maximum Gasteiger partial charge on any atom is 0.247 e. The van der Waals surface area contributed by atoms with Crippen LogP contribution in [-0.2, 0) is 27.4 Å². The summed E-state index contributed by atoms with van der Waals surface area (Å²) in [4.78, 5) is 30.0. The minimum absolute atomic E-state index is 0.0293. The summed E-state index contributed by atoms with van der Waals surface area (Å²) in [5, 5.41) is 15.4. The van der Waals surface area contributed by atoms with Crippen molar-refractivity contribution in [1.82, 2.24) is 30.4 Å². The van der Waals surface area contributed by atoms with Crippen LogP contribution in [0.4, 0.5) is 4.39 Å². The fourth-order valence-electron chi connectivity index (χ4n) is 4.74. The number of tetrazole rings is 1. The Bertz CT molecular complexity index is 1490. The molecule has 3 heterocycles. The van der Waals surface area contributed by atoms with Gasteiger partial charge in [-0.25, -0.2) is 4.39 Å². The van der Waals surface area contributed by atoms with Crippen LogP contribution < -0.4 is 14.8 Å². The van der Waals surface area contributed by atoms with Crippen molar-refractivity contribution in [1.29, 1.82) is 0 Å². The number of ether oxygens (including phenoxy) is 3. The largest absolute Gasteiger partial charge is 0.493 e. The zero-order valence-electron chi connectivity index (χ0n) is 23.2. The van der Waals surface area contributed by atoms with Crippen LogP contribution in [0.1, 0.15) is 30.2 Å². The Balaban J connectivity index is 1.41. The van der Waals surface area contributed by atoms with Crippen LogP contribution in [0.2, 0.25) is 0 Å². The Kier molecular flexibility index (Phi) is 9.07. The van der Waals surface area contributed by atoms with Gasteiger partial charge in [0.1, 0.15) is 24.2 Å². The van der Waals surface area contributed by atoms with Crippen molar-refractivity contribution in [3.8, 4) is 22.9 Å².